The molecule has 0 atom stereocenters. The summed E-state index contributed by atoms with van der Waals surface area (Å²) in [5.74, 6) is 0.142. The normalized spacial score (nSPS) is 10.9. The maximum Gasteiger partial charge on any atom is 0.417 e. The second kappa shape index (κ2) is 4.03. The van der Waals surface area contributed by atoms with Gasteiger partial charge in [-0.1, -0.05) is 0 Å². The third-order valence-corrected chi connectivity index (χ3v) is 2.22. The van der Waals surface area contributed by atoms with Crippen LogP contribution < -0.4 is 4.74 Å². The molecule has 0 aliphatic rings. The van der Waals surface area contributed by atoms with Gasteiger partial charge in [0.25, 0.3) is 0 Å². The lowest BCUT2D eigenvalue weighted by Gasteiger charge is -2.12. The van der Waals surface area contributed by atoms with E-state index in [2.05, 4.69) is 12.6 Å². The van der Waals surface area contributed by atoms with Gasteiger partial charge in [-0.2, -0.15) is 18.4 Å². The van der Waals surface area contributed by atoms with Crippen LogP contribution in [0.1, 0.15) is 11.1 Å². The van der Waals surface area contributed by atoms with Gasteiger partial charge in [0.2, 0.25) is 0 Å². The van der Waals surface area contributed by atoms with E-state index >= 15 is 0 Å². The molecule has 0 saturated heterocycles. The fourth-order valence-electron chi connectivity index (χ4n) is 1.09. The molecule has 1 aromatic carbocycles. The summed E-state index contributed by atoms with van der Waals surface area (Å²) in [6.45, 7) is 0. The van der Waals surface area contributed by atoms with E-state index in [1.54, 1.807) is 0 Å². The molecule has 0 N–H and O–H groups in total. The van der Waals surface area contributed by atoms with Crippen molar-refractivity contribution in [3.05, 3.63) is 23.3 Å². The molecule has 0 aliphatic heterocycles. The average molecular weight is 233 g/mol. The Morgan fingerprint density at radius 3 is 2.40 bits per heavy atom. The minimum absolute atomic E-state index is 0.102. The second-order valence-electron chi connectivity index (χ2n) is 2.65. The molecule has 0 spiro atoms. The van der Waals surface area contributed by atoms with Crippen LogP contribution in [0.25, 0.3) is 0 Å². The lowest BCUT2D eigenvalue weighted by molar-refractivity contribution is -0.137. The van der Waals surface area contributed by atoms with Gasteiger partial charge in [0, 0.05) is 0 Å². The van der Waals surface area contributed by atoms with E-state index in [0.29, 0.717) is 0 Å². The average Bonchev–Trinajstić information content (AvgIpc) is 2.15. The van der Waals surface area contributed by atoms with Crippen molar-refractivity contribution in [3.8, 4) is 11.8 Å². The van der Waals surface area contributed by atoms with E-state index < -0.39 is 17.3 Å². The van der Waals surface area contributed by atoms with Gasteiger partial charge in [0.1, 0.15) is 11.8 Å². The zero-order valence-corrected chi connectivity index (χ0v) is 8.49. The van der Waals surface area contributed by atoms with E-state index in [0.717, 1.165) is 12.1 Å². The van der Waals surface area contributed by atoms with Crippen LogP contribution in [-0.4, -0.2) is 7.11 Å². The third kappa shape index (κ3) is 2.18. The van der Waals surface area contributed by atoms with Crippen LogP contribution in [0.15, 0.2) is 17.0 Å². The monoisotopic (exact) mass is 233 g/mol. The molecule has 0 fully saturated rings. The van der Waals surface area contributed by atoms with Gasteiger partial charge >= 0.3 is 6.18 Å². The Kier molecular flexibility index (Phi) is 3.15. The SMILES string of the molecule is COc1ccc(C(F)(F)F)c(C#N)c1S. The van der Waals surface area contributed by atoms with Crippen LogP contribution in [-0.2, 0) is 6.18 Å². The first kappa shape index (κ1) is 11.7. The summed E-state index contributed by atoms with van der Waals surface area (Å²) in [5.41, 5.74) is -1.53. The number of alkyl halides is 3. The van der Waals surface area contributed by atoms with Crippen molar-refractivity contribution < 1.29 is 17.9 Å². The maximum atomic E-state index is 12.4. The molecule has 15 heavy (non-hydrogen) atoms. The van der Waals surface area contributed by atoms with Crippen LogP contribution in [0.4, 0.5) is 13.2 Å². The van der Waals surface area contributed by atoms with Crippen molar-refractivity contribution in [1.29, 1.82) is 5.26 Å². The minimum atomic E-state index is -4.56. The van der Waals surface area contributed by atoms with Crippen molar-refractivity contribution in [3.63, 3.8) is 0 Å². The van der Waals surface area contributed by atoms with Crippen molar-refractivity contribution in [1.82, 2.24) is 0 Å². The highest BCUT2D eigenvalue weighted by Gasteiger charge is 2.34. The molecule has 0 radical (unpaired) electrons. The molecule has 0 heterocycles. The third-order valence-electron chi connectivity index (χ3n) is 1.78. The largest absolute Gasteiger partial charge is 0.496 e. The quantitative estimate of drug-likeness (QED) is 0.756. The van der Waals surface area contributed by atoms with Crippen molar-refractivity contribution in [2.75, 3.05) is 7.11 Å². The summed E-state index contributed by atoms with van der Waals surface area (Å²) >= 11 is 3.83. The van der Waals surface area contributed by atoms with Gasteiger partial charge in [-0.05, 0) is 12.1 Å². The summed E-state index contributed by atoms with van der Waals surface area (Å²) in [6.07, 6.45) is -4.56. The highest BCUT2D eigenvalue weighted by molar-refractivity contribution is 7.80. The maximum absolute atomic E-state index is 12.4. The Morgan fingerprint density at radius 1 is 1.40 bits per heavy atom. The molecular formula is C9H6F3NOS. The Labute approximate surface area is 89.7 Å². The van der Waals surface area contributed by atoms with E-state index in [4.69, 9.17) is 10.00 Å². The van der Waals surface area contributed by atoms with Crippen molar-refractivity contribution >= 4 is 12.6 Å². The number of methoxy groups -OCH3 is 1. The topological polar surface area (TPSA) is 33.0 Å². The number of halogens is 3. The molecule has 6 heteroatoms. The number of nitrogens with zero attached hydrogens (tertiary/aromatic N) is 1. The molecule has 0 saturated carbocycles. The number of nitriles is 1. The fourth-order valence-corrected chi connectivity index (χ4v) is 1.42. The smallest absolute Gasteiger partial charge is 0.417 e. The predicted molar refractivity (Wildman–Crippen MR) is 50.0 cm³/mol. The predicted octanol–water partition coefficient (Wildman–Crippen LogP) is 2.87. The van der Waals surface area contributed by atoms with E-state index in [1.807, 2.05) is 0 Å². The molecule has 0 aromatic heterocycles. The van der Waals surface area contributed by atoms with Crippen LogP contribution in [0.5, 0.6) is 5.75 Å². The summed E-state index contributed by atoms with van der Waals surface area (Å²) in [4.78, 5) is -0.102. The Hall–Kier alpha value is -1.35. The van der Waals surface area contributed by atoms with Crippen LogP contribution in [0.3, 0.4) is 0 Å². The number of rotatable bonds is 1. The first-order chi connectivity index (χ1) is 6.91. The van der Waals surface area contributed by atoms with Gasteiger partial charge < -0.3 is 4.74 Å². The lowest BCUT2D eigenvalue weighted by Crippen LogP contribution is -2.08. The van der Waals surface area contributed by atoms with E-state index in [9.17, 15) is 13.2 Å². The van der Waals surface area contributed by atoms with E-state index in [-0.39, 0.29) is 10.6 Å². The first-order valence-electron chi connectivity index (χ1n) is 3.79. The standard InChI is InChI=1S/C9H6F3NOS/c1-14-7-3-2-6(9(10,11)12)5(4-13)8(7)15/h2-3,15H,1H3. The molecule has 0 bridgehead atoms. The fraction of sp³-hybridized carbons (Fsp3) is 0.222. The Morgan fingerprint density at radius 2 is 2.00 bits per heavy atom. The molecule has 0 unspecified atom stereocenters. The van der Waals surface area contributed by atoms with Crippen molar-refractivity contribution in [2.24, 2.45) is 0 Å². The molecule has 1 aromatic rings. The lowest BCUT2D eigenvalue weighted by atomic mass is 10.1. The van der Waals surface area contributed by atoms with Gasteiger partial charge in [-0.15, -0.1) is 12.6 Å². The Bertz CT molecular complexity index is 423. The number of hydrogen-bond donors (Lipinski definition) is 1. The zero-order chi connectivity index (χ0) is 11.6. The highest BCUT2D eigenvalue weighted by atomic mass is 32.1. The molecule has 0 aliphatic carbocycles. The highest BCUT2D eigenvalue weighted by Crippen LogP contribution is 2.37. The number of benzene rings is 1. The van der Waals surface area contributed by atoms with Gasteiger partial charge in [0.05, 0.1) is 23.1 Å². The van der Waals surface area contributed by atoms with Gasteiger partial charge in [-0.25, -0.2) is 0 Å². The van der Waals surface area contributed by atoms with Crippen LogP contribution >= 0.6 is 12.6 Å². The minimum Gasteiger partial charge on any atom is -0.496 e. The second-order valence-corrected chi connectivity index (χ2v) is 3.10. The molecule has 1 rings (SSSR count). The Balaban J connectivity index is 3.47. The molecule has 2 nitrogen and oxygen atoms in total. The summed E-state index contributed by atoms with van der Waals surface area (Å²) < 4.78 is 42.0. The molecule has 80 valence electrons. The summed E-state index contributed by atoms with van der Waals surface area (Å²) in [6, 6.07) is 3.40. The molecular weight excluding hydrogens is 227 g/mol. The number of ether oxygens (including phenoxy) is 1. The first-order valence-corrected chi connectivity index (χ1v) is 4.23. The zero-order valence-electron chi connectivity index (χ0n) is 7.59. The van der Waals surface area contributed by atoms with Gasteiger partial charge in [0.15, 0.2) is 0 Å². The van der Waals surface area contributed by atoms with Crippen molar-refractivity contribution in [2.45, 2.75) is 11.1 Å². The molecule has 0 amide bonds. The summed E-state index contributed by atoms with van der Waals surface area (Å²) in [7, 11) is 1.30. The number of thiol groups is 1. The summed E-state index contributed by atoms with van der Waals surface area (Å²) in [5, 5.41) is 8.63. The van der Waals surface area contributed by atoms with Crippen LogP contribution in [0.2, 0.25) is 0 Å². The van der Waals surface area contributed by atoms with Gasteiger partial charge in [-0.3, -0.25) is 0 Å². The van der Waals surface area contributed by atoms with E-state index in [1.165, 1.54) is 13.2 Å². The number of hydrogen-bond acceptors (Lipinski definition) is 3. The van der Waals surface area contributed by atoms with Crippen LogP contribution in [0, 0.1) is 11.3 Å².